The average Bonchev–Trinajstić information content (AvgIpc) is 2.78. The number of anilines is 1. The zero-order valence-corrected chi connectivity index (χ0v) is 16.6. The van der Waals surface area contributed by atoms with E-state index in [0.29, 0.717) is 28.7 Å². The van der Waals surface area contributed by atoms with Crippen molar-refractivity contribution >= 4 is 17.6 Å². The summed E-state index contributed by atoms with van der Waals surface area (Å²) in [7, 11) is 3.01. The normalized spacial score (nSPS) is 10.1. The lowest BCUT2D eigenvalue weighted by Crippen LogP contribution is -2.21. The quantitative estimate of drug-likeness (QED) is 0.561. The highest BCUT2D eigenvalue weighted by Gasteiger charge is 2.14. The first-order valence-corrected chi connectivity index (χ1v) is 9.11. The predicted molar refractivity (Wildman–Crippen MR) is 111 cm³/mol. The van der Waals surface area contributed by atoms with Crippen molar-refractivity contribution in [1.29, 1.82) is 0 Å². The summed E-state index contributed by atoms with van der Waals surface area (Å²) < 4.78 is 21.2. The van der Waals surface area contributed by atoms with E-state index in [4.69, 9.17) is 18.9 Å². The lowest BCUT2D eigenvalue weighted by molar-refractivity contribution is -0.119. The van der Waals surface area contributed by atoms with Gasteiger partial charge in [-0.15, -0.1) is 0 Å². The molecule has 0 aliphatic carbocycles. The largest absolute Gasteiger partial charge is 0.497 e. The van der Waals surface area contributed by atoms with Gasteiger partial charge in [0.2, 0.25) is 0 Å². The van der Waals surface area contributed by atoms with Crippen LogP contribution >= 0.6 is 0 Å². The molecule has 0 bridgehead atoms. The molecule has 1 N–H and O–H groups in total. The number of carbonyl (C=O) groups is 2. The van der Waals surface area contributed by atoms with Gasteiger partial charge in [0, 0.05) is 6.07 Å². The molecule has 3 aromatic carbocycles. The van der Waals surface area contributed by atoms with Crippen LogP contribution in [0, 0.1) is 0 Å². The first kappa shape index (κ1) is 20.7. The van der Waals surface area contributed by atoms with Gasteiger partial charge in [0.25, 0.3) is 5.91 Å². The maximum atomic E-state index is 12.3. The number of benzene rings is 3. The molecule has 0 spiro atoms. The third kappa shape index (κ3) is 5.51. The minimum atomic E-state index is -0.638. The Hall–Kier alpha value is -4.00. The van der Waals surface area contributed by atoms with Gasteiger partial charge in [-0.3, -0.25) is 4.79 Å². The highest BCUT2D eigenvalue weighted by atomic mass is 16.5. The molecule has 0 aliphatic heterocycles. The molecule has 1 amide bonds. The van der Waals surface area contributed by atoms with Crippen molar-refractivity contribution in [3.63, 3.8) is 0 Å². The zero-order valence-electron chi connectivity index (χ0n) is 16.6. The molecule has 0 unspecified atom stereocenters. The molecule has 0 radical (unpaired) electrons. The summed E-state index contributed by atoms with van der Waals surface area (Å²) in [5, 5.41) is 2.64. The second kappa shape index (κ2) is 9.97. The van der Waals surface area contributed by atoms with Crippen molar-refractivity contribution in [2.45, 2.75) is 0 Å². The summed E-state index contributed by atoms with van der Waals surface area (Å²) in [5.41, 5.74) is 0.686. The number of hydrogen-bond donors (Lipinski definition) is 1. The van der Waals surface area contributed by atoms with Crippen LogP contribution in [0.4, 0.5) is 5.69 Å². The minimum Gasteiger partial charge on any atom is -0.497 e. The molecule has 30 heavy (non-hydrogen) atoms. The number of para-hydroxylation sites is 1. The van der Waals surface area contributed by atoms with Crippen molar-refractivity contribution in [2.24, 2.45) is 0 Å². The van der Waals surface area contributed by atoms with Gasteiger partial charge in [-0.05, 0) is 42.5 Å². The molecule has 0 saturated heterocycles. The number of ether oxygens (including phenoxy) is 4. The van der Waals surface area contributed by atoms with E-state index in [1.165, 1.54) is 14.2 Å². The number of rotatable bonds is 8. The lowest BCUT2D eigenvalue weighted by Gasteiger charge is -2.12. The van der Waals surface area contributed by atoms with E-state index in [1.807, 2.05) is 30.3 Å². The van der Waals surface area contributed by atoms with Crippen LogP contribution in [0.1, 0.15) is 10.4 Å². The maximum absolute atomic E-state index is 12.3. The number of nitrogens with one attached hydrogen (secondary N) is 1. The van der Waals surface area contributed by atoms with E-state index in [0.717, 1.165) is 0 Å². The van der Waals surface area contributed by atoms with E-state index in [2.05, 4.69) is 5.32 Å². The average molecular weight is 407 g/mol. The van der Waals surface area contributed by atoms with Crippen molar-refractivity contribution < 1.29 is 28.5 Å². The first-order chi connectivity index (χ1) is 14.6. The van der Waals surface area contributed by atoms with E-state index >= 15 is 0 Å². The van der Waals surface area contributed by atoms with Crippen LogP contribution in [0.3, 0.4) is 0 Å². The number of hydrogen-bond acceptors (Lipinski definition) is 6. The molecule has 7 nitrogen and oxygen atoms in total. The van der Waals surface area contributed by atoms with Crippen LogP contribution in [0.15, 0.2) is 72.8 Å². The van der Waals surface area contributed by atoms with Gasteiger partial charge in [-0.2, -0.15) is 0 Å². The monoisotopic (exact) mass is 407 g/mol. The fourth-order valence-corrected chi connectivity index (χ4v) is 2.62. The zero-order chi connectivity index (χ0) is 21.3. The summed E-state index contributed by atoms with van der Waals surface area (Å²) in [5.74, 6) is 1.00. The Bertz CT molecular complexity index is 1020. The van der Waals surface area contributed by atoms with Crippen molar-refractivity contribution in [2.75, 3.05) is 26.1 Å². The fourth-order valence-electron chi connectivity index (χ4n) is 2.62. The highest BCUT2D eigenvalue weighted by Crippen LogP contribution is 2.28. The lowest BCUT2D eigenvalue weighted by atomic mass is 10.2. The number of amides is 1. The molecule has 3 aromatic rings. The number of carbonyl (C=O) groups excluding carboxylic acids is 2. The Labute approximate surface area is 174 Å². The Morgan fingerprint density at radius 2 is 1.57 bits per heavy atom. The number of esters is 1. The van der Waals surface area contributed by atoms with E-state index in [-0.39, 0.29) is 5.56 Å². The molecular weight excluding hydrogens is 386 g/mol. The minimum absolute atomic E-state index is 0.273. The summed E-state index contributed by atoms with van der Waals surface area (Å²) in [6.45, 7) is -0.455. The summed E-state index contributed by atoms with van der Waals surface area (Å²) >= 11 is 0. The second-order valence-electron chi connectivity index (χ2n) is 6.13. The van der Waals surface area contributed by atoms with E-state index in [9.17, 15) is 9.59 Å². The summed E-state index contributed by atoms with van der Waals surface area (Å²) in [6.07, 6.45) is 0. The first-order valence-electron chi connectivity index (χ1n) is 9.11. The Balaban J connectivity index is 1.59. The van der Waals surface area contributed by atoms with Crippen LogP contribution < -0.4 is 19.5 Å². The van der Waals surface area contributed by atoms with Gasteiger partial charge in [-0.25, -0.2) is 4.79 Å². The van der Waals surface area contributed by atoms with Crippen LogP contribution in [-0.4, -0.2) is 32.7 Å². The van der Waals surface area contributed by atoms with Gasteiger partial charge in [0.1, 0.15) is 23.0 Å². The summed E-state index contributed by atoms with van der Waals surface area (Å²) in [4.78, 5) is 24.5. The Morgan fingerprint density at radius 1 is 0.800 bits per heavy atom. The van der Waals surface area contributed by atoms with Crippen molar-refractivity contribution in [3.8, 4) is 23.0 Å². The van der Waals surface area contributed by atoms with E-state index < -0.39 is 18.5 Å². The highest BCUT2D eigenvalue weighted by molar-refractivity contribution is 5.96. The van der Waals surface area contributed by atoms with Gasteiger partial charge in [0.15, 0.2) is 6.61 Å². The van der Waals surface area contributed by atoms with Gasteiger partial charge < -0.3 is 24.3 Å². The standard InChI is InChI=1S/C23H21NO6/c1-27-18-11-12-21(28-2)20(14-18)24-22(25)15-29-23(26)16-7-6-10-19(13-16)30-17-8-4-3-5-9-17/h3-14H,15H2,1-2H3,(H,24,25). The molecular formula is C23H21NO6. The van der Waals surface area contributed by atoms with Crippen LogP contribution in [-0.2, 0) is 9.53 Å². The molecule has 154 valence electrons. The van der Waals surface area contributed by atoms with Gasteiger partial charge in [0.05, 0.1) is 25.5 Å². The molecule has 0 heterocycles. The molecule has 0 fully saturated rings. The Morgan fingerprint density at radius 3 is 2.30 bits per heavy atom. The van der Waals surface area contributed by atoms with Crippen molar-refractivity contribution in [1.82, 2.24) is 0 Å². The van der Waals surface area contributed by atoms with Crippen LogP contribution in [0.25, 0.3) is 0 Å². The predicted octanol–water partition coefficient (Wildman–Crippen LogP) is 4.29. The molecule has 3 rings (SSSR count). The van der Waals surface area contributed by atoms with Gasteiger partial charge >= 0.3 is 5.97 Å². The smallest absolute Gasteiger partial charge is 0.338 e. The van der Waals surface area contributed by atoms with Gasteiger partial charge in [-0.1, -0.05) is 24.3 Å². The third-order valence-electron chi connectivity index (χ3n) is 4.06. The Kier molecular flexibility index (Phi) is 6.89. The van der Waals surface area contributed by atoms with E-state index in [1.54, 1.807) is 42.5 Å². The second-order valence-corrected chi connectivity index (χ2v) is 6.13. The number of methoxy groups -OCH3 is 2. The van der Waals surface area contributed by atoms with Crippen LogP contribution in [0.2, 0.25) is 0 Å². The molecule has 0 atom stereocenters. The van der Waals surface area contributed by atoms with Crippen LogP contribution in [0.5, 0.6) is 23.0 Å². The molecule has 0 aromatic heterocycles. The molecule has 0 aliphatic rings. The third-order valence-corrected chi connectivity index (χ3v) is 4.06. The molecule has 0 saturated carbocycles. The van der Waals surface area contributed by atoms with Crippen molar-refractivity contribution in [3.05, 3.63) is 78.4 Å². The molecule has 7 heteroatoms. The summed E-state index contributed by atoms with van der Waals surface area (Å²) in [6, 6.07) is 20.7. The fraction of sp³-hybridized carbons (Fsp3) is 0.130. The topological polar surface area (TPSA) is 83.1 Å². The maximum Gasteiger partial charge on any atom is 0.338 e. The SMILES string of the molecule is COc1ccc(OC)c(NC(=O)COC(=O)c2cccc(Oc3ccccc3)c2)c1.